The van der Waals surface area contributed by atoms with E-state index in [1.807, 2.05) is 60.7 Å². The van der Waals surface area contributed by atoms with Crippen molar-refractivity contribution in [3.63, 3.8) is 0 Å². The van der Waals surface area contributed by atoms with Gasteiger partial charge in [-0.05, 0) is 48.6 Å². The molecule has 8 heteroatoms. The minimum Gasteiger partial charge on any atom is -0.208 e. The van der Waals surface area contributed by atoms with Crippen molar-refractivity contribution >= 4 is 20.0 Å². The Morgan fingerprint density at radius 3 is 1.97 bits per heavy atom. The maximum Gasteiger partial charge on any atom is 0.243 e. The van der Waals surface area contributed by atoms with Crippen molar-refractivity contribution < 1.29 is 16.8 Å². The molecule has 0 unspecified atom stereocenters. The summed E-state index contributed by atoms with van der Waals surface area (Å²) in [5, 5.41) is 0. The highest BCUT2D eigenvalue weighted by molar-refractivity contribution is 7.90. The minimum absolute atomic E-state index is 0.0276. The predicted octanol–water partition coefficient (Wildman–Crippen LogP) is 3.56. The third-order valence-electron chi connectivity index (χ3n) is 5.35. The summed E-state index contributed by atoms with van der Waals surface area (Å²) in [5.41, 5.74) is 1.90. The van der Waals surface area contributed by atoms with Gasteiger partial charge in [-0.25, -0.2) is 21.6 Å². The molecule has 0 aliphatic heterocycles. The van der Waals surface area contributed by atoms with E-state index in [2.05, 4.69) is 4.72 Å². The topological polar surface area (TPSA) is 83.5 Å². The van der Waals surface area contributed by atoms with Gasteiger partial charge in [-0.2, -0.15) is 4.31 Å². The molecule has 0 radical (unpaired) electrons. The van der Waals surface area contributed by atoms with Gasteiger partial charge in [-0.15, -0.1) is 0 Å². The van der Waals surface area contributed by atoms with Crippen molar-refractivity contribution in [2.45, 2.75) is 41.6 Å². The fourth-order valence-corrected chi connectivity index (χ4v) is 6.31. The van der Waals surface area contributed by atoms with E-state index in [1.54, 1.807) is 0 Å². The highest BCUT2D eigenvalue weighted by Crippen LogP contribution is 2.25. The van der Waals surface area contributed by atoms with E-state index in [0.29, 0.717) is 6.42 Å². The van der Waals surface area contributed by atoms with Crippen LogP contribution in [0.2, 0.25) is 0 Å². The molecule has 6 nitrogen and oxygen atoms in total. The minimum atomic E-state index is -3.92. The Labute approximate surface area is 190 Å². The number of nitrogens with one attached hydrogen (secondary N) is 1. The molecule has 0 bridgehead atoms. The van der Waals surface area contributed by atoms with Gasteiger partial charge in [0.25, 0.3) is 0 Å². The molecule has 3 aromatic rings. The molecule has 32 heavy (non-hydrogen) atoms. The summed E-state index contributed by atoms with van der Waals surface area (Å²) in [6.07, 6.45) is 2.16. The normalized spacial score (nSPS) is 14.5. The van der Waals surface area contributed by atoms with Crippen LogP contribution in [-0.4, -0.2) is 33.7 Å². The monoisotopic (exact) mass is 470 g/mol. The van der Waals surface area contributed by atoms with E-state index in [-0.39, 0.29) is 28.9 Å². The SMILES string of the molecule is O=S(=O)(NC1CC1)c1cccc(S(=O)(=O)N(CCc2ccccc2)Cc2ccccc2)c1. The van der Waals surface area contributed by atoms with Gasteiger partial charge < -0.3 is 0 Å². The van der Waals surface area contributed by atoms with Gasteiger partial charge >= 0.3 is 0 Å². The van der Waals surface area contributed by atoms with Crippen molar-refractivity contribution in [3.8, 4) is 0 Å². The summed E-state index contributed by atoms with van der Waals surface area (Å²) in [5.74, 6) is 0. The lowest BCUT2D eigenvalue weighted by atomic mass is 10.1. The second-order valence-electron chi connectivity index (χ2n) is 7.93. The maximum absolute atomic E-state index is 13.6. The predicted molar refractivity (Wildman–Crippen MR) is 124 cm³/mol. The largest absolute Gasteiger partial charge is 0.243 e. The number of rotatable bonds is 10. The van der Waals surface area contributed by atoms with Crippen molar-refractivity contribution in [1.29, 1.82) is 0 Å². The van der Waals surface area contributed by atoms with Crippen molar-refractivity contribution in [2.75, 3.05) is 6.54 Å². The summed E-state index contributed by atoms with van der Waals surface area (Å²) in [6.45, 7) is 0.478. The lowest BCUT2D eigenvalue weighted by Gasteiger charge is -2.23. The molecule has 0 atom stereocenters. The van der Waals surface area contributed by atoms with E-state index in [9.17, 15) is 16.8 Å². The third-order valence-corrected chi connectivity index (χ3v) is 8.71. The van der Waals surface area contributed by atoms with Crippen LogP contribution >= 0.6 is 0 Å². The zero-order chi connectivity index (χ0) is 22.6. The highest BCUT2D eigenvalue weighted by atomic mass is 32.2. The molecule has 168 valence electrons. The molecule has 1 fully saturated rings. The fraction of sp³-hybridized carbons (Fsp3) is 0.250. The van der Waals surface area contributed by atoms with Gasteiger partial charge in [0.15, 0.2) is 0 Å². The first kappa shape index (κ1) is 22.7. The van der Waals surface area contributed by atoms with Crippen LogP contribution in [0.4, 0.5) is 0 Å². The second-order valence-corrected chi connectivity index (χ2v) is 11.6. The van der Waals surface area contributed by atoms with E-state index in [0.717, 1.165) is 24.0 Å². The molecular formula is C24H26N2O4S2. The lowest BCUT2D eigenvalue weighted by molar-refractivity contribution is 0.409. The number of hydrogen-bond acceptors (Lipinski definition) is 4. The van der Waals surface area contributed by atoms with E-state index >= 15 is 0 Å². The van der Waals surface area contributed by atoms with Crippen LogP contribution in [0.3, 0.4) is 0 Å². The fourth-order valence-electron chi connectivity index (χ4n) is 3.41. The molecule has 0 heterocycles. The molecule has 1 aliphatic carbocycles. The van der Waals surface area contributed by atoms with E-state index < -0.39 is 20.0 Å². The zero-order valence-electron chi connectivity index (χ0n) is 17.6. The van der Waals surface area contributed by atoms with Crippen molar-refractivity contribution in [3.05, 3.63) is 96.1 Å². The van der Waals surface area contributed by atoms with Crippen LogP contribution in [0.15, 0.2) is 94.7 Å². The quantitative estimate of drug-likeness (QED) is 0.491. The number of hydrogen-bond donors (Lipinski definition) is 1. The Hall–Kier alpha value is -2.52. The highest BCUT2D eigenvalue weighted by Gasteiger charge is 2.30. The number of nitrogens with zero attached hydrogens (tertiary/aromatic N) is 1. The maximum atomic E-state index is 13.6. The smallest absolute Gasteiger partial charge is 0.208 e. The Balaban J connectivity index is 1.63. The molecule has 0 saturated heterocycles. The van der Waals surface area contributed by atoms with Crippen LogP contribution in [0.5, 0.6) is 0 Å². The van der Waals surface area contributed by atoms with Gasteiger partial charge in [-0.3, -0.25) is 0 Å². The molecule has 3 aromatic carbocycles. The summed E-state index contributed by atoms with van der Waals surface area (Å²) in [6, 6.07) is 24.6. The molecule has 1 aliphatic rings. The van der Waals surface area contributed by atoms with Crippen LogP contribution in [0.25, 0.3) is 0 Å². The molecule has 4 rings (SSSR count). The molecule has 0 amide bonds. The van der Waals surface area contributed by atoms with E-state index in [1.165, 1.54) is 28.6 Å². The molecular weight excluding hydrogens is 444 g/mol. The standard InChI is InChI=1S/C24H26N2O4S2/c27-31(28,25-22-14-15-22)23-12-7-13-24(18-23)32(29,30)26(19-21-10-5-2-6-11-21)17-16-20-8-3-1-4-9-20/h1-13,18,22,25H,14-17,19H2. The lowest BCUT2D eigenvalue weighted by Crippen LogP contribution is -2.33. The van der Waals surface area contributed by atoms with Gasteiger partial charge in [0, 0.05) is 19.1 Å². The Morgan fingerprint density at radius 2 is 1.34 bits per heavy atom. The van der Waals surface area contributed by atoms with E-state index in [4.69, 9.17) is 0 Å². The first-order valence-corrected chi connectivity index (χ1v) is 13.5. The Bertz CT molecular complexity index is 1260. The van der Waals surface area contributed by atoms with Gasteiger partial charge in [0.1, 0.15) is 0 Å². The molecule has 0 spiro atoms. The van der Waals surface area contributed by atoms with Crippen LogP contribution in [0.1, 0.15) is 24.0 Å². The van der Waals surface area contributed by atoms with Gasteiger partial charge in [0.05, 0.1) is 9.79 Å². The second kappa shape index (κ2) is 9.54. The zero-order valence-corrected chi connectivity index (χ0v) is 19.2. The van der Waals surface area contributed by atoms with Crippen molar-refractivity contribution in [2.24, 2.45) is 0 Å². The number of sulfonamides is 2. The van der Waals surface area contributed by atoms with Crippen LogP contribution in [0, 0.1) is 0 Å². The summed E-state index contributed by atoms with van der Waals surface area (Å²) in [7, 11) is -7.68. The van der Waals surface area contributed by atoms with Gasteiger partial charge in [-0.1, -0.05) is 66.7 Å². The van der Waals surface area contributed by atoms with Crippen LogP contribution < -0.4 is 4.72 Å². The van der Waals surface area contributed by atoms with Gasteiger partial charge in [0.2, 0.25) is 20.0 Å². The summed E-state index contributed by atoms with van der Waals surface area (Å²) < 4.78 is 56.4. The number of benzene rings is 3. The molecule has 1 N–H and O–H groups in total. The van der Waals surface area contributed by atoms with Crippen LogP contribution in [-0.2, 0) is 33.0 Å². The first-order chi connectivity index (χ1) is 15.3. The Morgan fingerprint density at radius 1 is 0.750 bits per heavy atom. The van der Waals surface area contributed by atoms with Crippen molar-refractivity contribution in [1.82, 2.24) is 9.03 Å². The summed E-state index contributed by atoms with van der Waals surface area (Å²) >= 11 is 0. The average molecular weight is 471 g/mol. The Kier molecular flexibility index (Phi) is 6.76. The summed E-state index contributed by atoms with van der Waals surface area (Å²) in [4.78, 5) is -0.0617. The third kappa shape index (κ3) is 5.63. The average Bonchev–Trinajstić information content (AvgIpc) is 3.61. The molecule has 1 saturated carbocycles. The molecule has 0 aromatic heterocycles. The first-order valence-electron chi connectivity index (χ1n) is 10.5.